The fraction of sp³-hybridized carbons (Fsp3) is 0. The van der Waals surface area contributed by atoms with E-state index in [0.29, 0.717) is 23.3 Å². The zero-order valence-corrected chi connectivity index (χ0v) is 27.7. The lowest BCUT2D eigenvalue weighted by atomic mass is 9.93. The van der Waals surface area contributed by atoms with E-state index in [1.807, 2.05) is 78.9 Å². The molecule has 0 radical (unpaired) electrons. The largest absolute Gasteiger partial charge is 0.456 e. The normalized spacial score (nSPS) is 11.8. The first kappa shape index (κ1) is 28.6. The molecule has 3 aromatic heterocycles. The van der Waals surface area contributed by atoms with Gasteiger partial charge in [-0.3, -0.25) is 4.57 Å². The molecule has 0 bridgehead atoms. The van der Waals surface area contributed by atoms with Crippen LogP contribution in [-0.4, -0.2) is 24.5 Å². The fourth-order valence-corrected chi connectivity index (χ4v) is 7.73. The molecule has 6 nitrogen and oxygen atoms in total. The van der Waals surface area contributed by atoms with Crippen LogP contribution in [0.4, 0.5) is 0 Å². The number of para-hydroxylation sites is 3. The molecule has 0 aliphatic rings. The molecule has 0 fully saturated rings. The third-order valence-corrected chi connectivity index (χ3v) is 10.1. The summed E-state index contributed by atoms with van der Waals surface area (Å²) < 4.78 is 8.48. The van der Waals surface area contributed by atoms with Crippen LogP contribution in [0.5, 0.6) is 0 Å². The van der Waals surface area contributed by atoms with E-state index in [1.54, 1.807) is 0 Å². The Kier molecular flexibility index (Phi) is 6.15. The van der Waals surface area contributed by atoms with Gasteiger partial charge in [0.15, 0.2) is 23.3 Å². The summed E-state index contributed by atoms with van der Waals surface area (Å²) in [5.74, 6) is 2.26. The van der Waals surface area contributed by atoms with Gasteiger partial charge in [-0.25, -0.2) is 19.9 Å². The molecule has 0 atom stereocenters. The Morgan fingerprint density at radius 3 is 1.73 bits per heavy atom. The summed E-state index contributed by atoms with van der Waals surface area (Å²) in [5, 5.41) is 9.27. The van der Waals surface area contributed by atoms with Gasteiger partial charge in [0.2, 0.25) is 0 Å². The van der Waals surface area contributed by atoms with Crippen molar-refractivity contribution in [3.8, 4) is 40.1 Å². The Morgan fingerprint density at radius 1 is 0.385 bits per heavy atom. The van der Waals surface area contributed by atoms with Gasteiger partial charge in [0.25, 0.3) is 0 Å². The number of aromatic nitrogens is 5. The molecule has 0 aliphatic heterocycles. The molecule has 11 rings (SSSR count). The highest BCUT2D eigenvalue weighted by molar-refractivity contribution is 6.25. The van der Waals surface area contributed by atoms with Gasteiger partial charge in [0.1, 0.15) is 11.2 Å². The van der Waals surface area contributed by atoms with Crippen LogP contribution < -0.4 is 0 Å². The number of hydrogen-bond acceptors (Lipinski definition) is 5. The second kappa shape index (κ2) is 11.2. The van der Waals surface area contributed by atoms with Crippen molar-refractivity contribution in [2.45, 2.75) is 0 Å². The first-order chi connectivity index (χ1) is 25.8. The molecule has 0 spiro atoms. The van der Waals surface area contributed by atoms with Crippen LogP contribution in [0, 0.1) is 0 Å². The standard InChI is InChI=1S/C46H27N5O/c1-2-13-28(14-3-1)43-48-44(29-25-26-34-32-17-5-4-15-30(32)31-16-6-7-18-33(31)36(34)27-29)50-45(49-43)46-47-37-20-9-10-21-38(37)51(46)39-22-12-24-41-42(39)35-19-8-11-23-40(35)52-41/h1-27H. The van der Waals surface area contributed by atoms with Crippen LogP contribution in [0.25, 0.3) is 105 Å². The summed E-state index contributed by atoms with van der Waals surface area (Å²) in [6.07, 6.45) is 0. The number of benzene rings is 8. The predicted molar refractivity (Wildman–Crippen MR) is 211 cm³/mol. The van der Waals surface area contributed by atoms with E-state index in [-0.39, 0.29) is 0 Å². The maximum Gasteiger partial charge on any atom is 0.200 e. The molecule has 3 heterocycles. The summed E-state index contributed by atoms with van der Waals surface area (Å²) in [5.41, 5.74) is 6.17. The summed E-state index contributed by atoms with van der Waals surface area (Å²) in [6, 6.07) is 56.3. The van der Waals surface area contributed by atoms with Crippen molar-refractivity contribution < 1.29 is 4.42 Å². The van der Waals surface area contributed by atoms with Gasteiger partial charge in [-0.2, -0.15) is 0 Å². The Morgan fingerprint density at radius 2 is 0.962 bits per heavy atom. The lowest BCUT2D eigenvalue weighted by Gasteiger charge is -2.13. The topological polar surface area (TPSA) is 69.6 Å². The Bertz CT molecular complexity index is 3160. The number of hydrogen-bond donors (Lipinski definition) is 0. The van der Waals surface area contributed by atoms with Crippen molar-refractivity contribution in [1.29, 1.82) is 0 Å². The first-order valence-electron chi connectivity index (χ1n) is 17.3. The van der Waals surface area contributed by atoms with Gasteiger partial charge in [-0.05, 0) is 68.7 Å². The summed E-state index contributed by atoms with van der Waals surface area (Å²) >= 11 is 0. The zero-order chi connectivity index (χ0) is 34.2. The van der Waals surface area contributed by atoms with Crippen molar-refractivity contribution >= 4 is 65.3 Å². The third-order valence-electron chi connectivity index (χ3n) is 10.1. The predicted octanol–water partition coefficient (Wildman–Crippen LogP) is 11.6. The third kappa shape index (κ3) is 4.31. The van der Waals surface area contributed by atoms with Crippen molar-refractivity contribution in [2.75, 3.05) is 0 Å². The molecule has 8 aromatic carbocycles. The molecule has 0 saturated carbocycles. The molecule has 0 aliphatic carbocycles. The molecule has 0 unspecified atom stereocenters. The lowest BCUT2D eigenvalue weighted by Crippen LogP contribution is -2.05. The van der Waals surface area contributed by atoms with Crippen LogP contribution in [0.15, 0.2) is 168 Å². The van der Waals surface area contributed by atoms with Gasteiger partial charge in [-0.15, -0.1) is 0 Å². The van der Waals surface area contributed by atoms with Crippen molar-refractivity contribution in [3.63, 3.8) is 0 Å². The molecule has 0 N–H and O–H groups in total. The molecule has 6 heteroatoms. The Balaban J connectivity index is 1.20. The van der Waals surface area contributed by atoms with E-state index in [9.17, 15) is 0 Å². The molecule has 52 heavy (non-hydrogen) atoms. The first-order valence-corrected chi connectivity index (χ1v) is 17.3. The van der Waals surface area contributed by atoms with E-state index < -0.39 is 0 Å². The minimum Gasteiger partial charge on any atom is -0.456 e. The minimum absolute atomic E-state index is 0.480. The maximum atomic E-state index is 6.32. The van der Waals surface area contributed by atoms with Crippen LogP contribution in [0.3, 0.4) is 0 Å². The lowest BCUT2D eigenvalue weighted by molar-refractivity contribution is 0.669. The van der Waals surface area contributed by atoms with Crippen molar-refractivity contribution in [2.24, 2.45) is 0 Å². The SMILES string of the molecule is c1ccc(-c2nc(-c3ccc4c5ccccc5c5ccccc5c4c3)nc(-c3nc4ccccc4n3-c3cccc4oc5ccccc5c34)n2)cc1. The molecule has 11 aromatic rings. The number of fused-ring (bicyclic) bond motifs is 10. The maximum absolute atomic E-state index is 6.32. The van der Waals surface area contributed by atoms with Gasteiger partial charge >= 0.3 is 0 Å². The highest BCUT2D eigenvalue weighted by Gasteiger charge is 2.23. The Labute approximate surface area is 297 Å². The number of furan rings is 1. The van der Waals surface area contributed by atoms with E-state index >= 15 is 0 Å². The molecule has 0 saturated heterocycles. The highest BCUT2D eigenvalue weighted by Crippen LogP contribution is 2.39. The van der Waals surface area contributed by atoms with Crippen LogP contribution in [0.1, 0.15) is 0 Å². The summed E-state index contributed by atoms with van der Waals surface area (Å²) in [7, 11) is 0. The zero-order valence-electron chi connectivity index (χ0n) is 27.7. The number of nitrogens with zero attached hydrogens (tertiary/aromatic N) is 5. The average molecular weight is 666 g/mol. The Hall–Kier alpha value is -7.18. The van der Waals surface area contributed by atoms with Crippen LogP contribution in [-0.2, 0) is 0 Å². The van der Waals surface area contributed by atoms with Gasteiger partial charge in [0.05, 0.1) is 22.1 Å². The van der Waals surface area contributed by atoms with Gasteiger partial charge in [-0.1, -0.05) is 127 Å². The minimum atomic E-state index is 0.480. The molecular formula is C46H27N5O. The monoisotopic (exact) mass is 665 g/mol. The van der Waals surface area contributed by atoms with E-state index in [0.717, 1.165) is 55.2 Å². The summed E-state index contributed by atoms with van der Waals surface area (Å²) in [6.45, 7) is 0. The van der Waals surface area contributed by atoms with E-state index in [4.69, 9.17) is 24.4 Å². The number of imidazole rings is 1. The molecular weight excluding hydrogens is 639 g/mol. The smallest absolute Gasteiger partial charge is 0.200 e. The van der Waals surface area contributed by atoms with Crippen molar-refractivity contribution in [3.05, 3.63) is 164 Å². The van der Waals surface area contributed by atoms with E-state index in [1.165, 1.54) is 26.9 Å². The van der Waals surface area contributed by atoms with Gasteiger partial charge in [0, 0.05) is 16.5 Å². The molecule has 242 valence electrons. The number of rotatable bonds is 4. The average Bonchev–Trinajstić information content (AvgIpc) is 3.80. The quantitative estimate of drug-likeness (QED) is 0.175. The fourth-order valence-electron chi connectivity index (χ4n) is 7.73. The second-order valence-electron chi connectivity index (χ2n) is 13.0. The van der Waals surface area contributed by atoms with Crippen molar-refractivity contribution in [1.82, 2.24) is 24.5 Å². The van der Waals surface area contributed by atoms with Crippen LogP contribution >= 0.6 is 0 Å². The second-order valence-corrected chi connectivity index (χ2v) is 13.0. The highest BCUT2D eigenvalue weighted by atomic mass is 16.3. The van der Waals surface area contributed by atoms with Gasteiger partial charge < -0.3 is 4.42 Å². The summed E-state index contributed by atoms with van der Waals surface area (Å²) in [4.78, 5) is 20.7. The van der Waals surface area contributed by atoms with Crippen LogP contribution in [0.2, 0.25) is 0 Å². The van der Waals surface area contributed by atoms with E-state index in [2.05, 4.69) is 89.5 Å². The molecule has 0 amide bonds.